The number of alkyl carbamates (subject to hydrolysis) is 1. The number of carbonyl (C=O) groups is 5. The molecule has 0 aromatic carbocycles. The number of hydrogen-bond acceptors (Lipinski definition) is 7. The Morgan fingerprint density at radius 1 is 0.842 bits per heavy atom. The van der Waals surface area contributed by atoms with E-state index in [0.717, 1.165) is 12.8 Å². The zero-order valence-electron chi connectivity index (χ0n) is 23.0. The number of hydrogen-bond donors (Lipinski definition) is 6. The van der Waals surface area contributed by atoms with Crippen LogP contribution in [0.25, 0.3) is 0 Å². The van der Waals surface area contributed by atoms with Crippen LogP contribution in [0, 0.1) is 0 Å². The summed E-state index contributed by atoms with van der Waals surface area (Å²) in [5.74, 6) is -0.205. The maximum atomic E-state index is 12.5. The lowest BCUT2D eigenvalue weighted by atomic mass is 10.1. The summed E-state index contributed by atoms with van der Waals surface area (Å²) < 4.78 is 10.5. The van der Waals surface area contributed by atoms with Crippen LogP contribution in [0.4, 0.5) is 19.2 Å². The molecule has 0 bridgehead atoms. The summed E-state index contributed by atoms with van der Waals surface area (Å²) >= 11 is 0. The molecule has 0 fully saturated rings. The maximum absolute atomic E-state index is 12.5. The van der Waals surface area contributed by atoms with E-state index in [1.165, 1.54) is 4.90 Å². The first-order valence-electron chi connectivity index (χ1n) is 12.9. The highest BCUT2D eigenvalue weighted by molar-refractivity contribution is 5.76. The van der Waals surface area contributed by atoms with Gasteiger partial charge in [0.25, 0.3) is 0 Å². The van der Waals surface area contributed by atoms with Gasteiger partial charge < -0.3 is 45.9 Å². The molecule has 0 aliphatic heterocycles. The van der Waals surface area contributed by atoms with Crippen LogP contribution in [0.5, 0.6) is 0 Å². The minimum atomic E-state index is -1.13. The number of nitrogens with zero attached hydrogens (tertiary/aromatic N) is 1. The minimum absolute atomic E-state index is 0.0603. The van der Waals surface area contributed by atoms with Crippen molar-refractivity contribution in [2.75, 3.05) is 32.9 Å². The lowest BCUT2D eigenvalue weighted by Crippen LogP contribution is -2.41. The molecule has 0 saturated heterocycles. The van der Waals surface area contributed by atoms with E-state index in [4.69, 9.17) is 19.7 Å². The van der Waals surface area contributed by atoms with Crippen LogP contribution >= 0.6 is 0 Å². The van der Waals surface area contributed by atoms with E-state index in [9.17, 15) is 24.0 Å². The summed E-state index contributed by atoms with van der Waals surface area (Å²) in [5, 5.41) is 26.9. The molecular formula is C24H45N5O9. The second kappa shape index (κ2) is 19.6. The number of carboxylic acid groups (broad SMARTS) is 2. The zero-order chi connectivity index (χ0) is 29.0. The van der Waals surface area contributed by atoms with Gasteiger partial charge in [0.1, 0.15) is 5.60 Å². The zero-order valence-corrected chi connectivity index (χ0v) is 23.0. The highest BCUT2D eigenvalue weighted by atomic mass is 16.6. The molecule has 0 spiro atoms. The summed E-state index contributed by atoms with van der Waals surface area (Å²) in [6.07, 6.45) is 1.40. The van der Waals surface area contributed by atoms with Crippen molar-refractivity contribution >= 4 is 30.3 Å². The van der Waals surface area contributed by atoms with Crippen molar-refractivity contribution in [1.82, 2.24) is 26.2 Å². The van der Waals surface area contributed by atoms with E-state index in [1.54, 1.807) is 27.7 Å². The Kier molecular flexibility index (Phi) is 17.9. The first kappa shape index (κ1) is 34.6. The molecule has 5 amide bonds. The summed E-state index contributed by atoms with van der Waals surface area (Å²) in [6.45, 7) is 8.10. The van der Waals surface area contributed by atoms with Gasteiger partial charge >= 0.3 is 24.4 Å². The molecule has 220 valence electrons. The third-order valence-corrected chi connectivity index (χ3v) is 5.03. The Morgan fingerprint density at radius 3 is 2.16 bits per heavy atom. The molecule has 0 aromatic rings. The molecular weight excluding hydrogens is 502 g/mol. The second-order valence-electron chi connectivity index (χ2n) is 9.80. The molecule has 1 unspecified atom stereocenters. The van der Waals surface area contributed by atoms with E-state index >= 15 is 0 Å². The summed E-state index contributed by atoms with van der Waals surface area (Å²) in [5.41, 5.74) is -0.669. The fraction of sp³-hybridized carbons (Fsp3) is 0.792. The average Bonchev–Trinajstić information content (AvgIpc) is 2.78. The first-order chi connectivity index (χ1) is 17.8. The van der Waals surface area contributed by atoms with Gasteiger partial charge in [0.05, 0.1) is 13.3 Å². The molecule has 1 atom stereocenters. The van der Waals surface area contributed by atoms with Crippen molar-refractivity contribution in [2.45, 2.75) is 90.7 Å². The normalized spacial score (nSPS) is 11.6. The predicted molar refractivity (Wildman–Crippen MR) is 139 cm³/mol. The number of amides is 5. The predicted octanol–water partition coefficient (Wildman–Crippen LogP) is 3.07. The Hall–Kier alpha value is -3.45. The second-order valence-corrected chi connectivity index (χ2v) is 9.80. The number of unbranched alkanes of at least 4 members (excludes halogenated alkanes) is 4. The highest BCUT2D eigenvalue weighted by Crippen LogP contribution is 2.12. The molecule has 38 heavy (non-hydrogen) atoms. The van der Waals surface area contributed by atoms with E-state index in [2.05, 4.69) is 21.3 Å². The van der Waals surface area contributed by atoms with Gasteiger partial charge in [0, 0.05) is 32.1 Å². The SMILES string of the molecule is CC(CCN(CCCCOC(=O)NCNC(=O)CCCCCCNC(=O)O)C(=O)OC(C)(C)C)NC(=O)O. The smallest absolute Gasteiger partial charge is 0.410 e. The summed E-state index contributed by atoms with van der Waals surface area (Å²) in [4.78, 5) is 58.7. The van der Waals surface area contributed by atoms with Gasteiger partial charge in [0.2, 0.25) is 5.91 Å². The summed E-state index contributed by atoms with van der Waals surface area (Å²) in [6, 6.07) is -0.335. The summed E-state index contributed by atoms with van der Waals surface area (Å²) in [7, 11) is 0. The third kappa shape index (κ3) is 21.8. The van der Waals surface area contributed by atoms with Crippen LogP contribution in [0.3, 0.4) is 0 Å². The maximum Gasteiger partial charge on any atom is 0.410 e. The molecule has 0 aliphatic carbocycles. The molecule has 0 aromatic heterocycles. The van der Waals surface area contributed by atoms with E-state index in [-0.39, 0.29) is 25.2 Å². The quantitative estimate of drug-likeness (QED) is 0.110. The van der Waals surface area contributed by atoms with Gasteiger partial charge in [-0.2, -0.15) is 0 Å². The van der Waals surface area contributed by atoms with E-state index < -0.39 is 30.0 Å². The number of carbonyl (C=O) groups excluding carboxylic acids is 3. The van der Waals surface area contributed by atoms with Crippen molar-refractivity contribution in [3.63, 3.8) is 0 Å². The van der Waals surface area contributed by atoms with Gasteiger partial charge in [-0.3, -0.25) is 4.79 Å². The lowest BCUT2D eigenvalue weighted by molar-refractivity contribution is -0.121. The van der Waals surface area contributed by atoms with Crippen LogP contribution in [-0.4, -0.2) is 89.9 Å². The first-order valence-corrected chi connectivity index (χ1v) is 12.9. The molecule has 0 radical (unpaired) electrons. The van der Waals surface area contributed by atoms with Crippen molar-refractivity contribution in [2.24, 2.45) is 0 Å². The van der Waals surface area contributed by atoms with Crippen LogP contribution in [-0.2, 0) is 14.3 Å². The number of nitrogens with one attached hydrogen (secondary N) is 4. The van der Waals surface area contributed by atoms with Crippen molar-refractivity contribution < 1.29 is 43.7 Å². The molecule has 0 aliphatic rings. The largest absolute Gasteiger partial charge is 0.465 e. The monoisotopic (exact) mass is 547 g/mol. The van der Waals surface area contributed by atoms with Gasteiger partial charge in [0.15, 0.2) is 0 Å². The van der Waals surface area contributed by atoms with Crippen LogP contribution < -0.4 is 21.3 Å². The number of ether oxygens (including phenoxy) is 2. The Bertz CT molecular complexity index is 743. The molecule has 0 heterocycles. The van der Waals surface area contributed by atoms with Crippen molar-refractivity contribution in [3.05, 3.63) is 0 Å². The van der Waals surface area contributed by atoms with Crippen molar-refractivity contribution in [1.29, 1.82) is 0 Å². The van der Waals surface area contributed by atoms with Gasteiger partial charge in [-0.1, -0.05) is 12.8 Å². The topological polar surface area (TPSA) is 196 Å². The van der Waals surface area contributed by atoms with E-state index in [0.29, 0.717) is 58.2 Å². The van der Waals surface area contributed by atoms with E-state index in [1.807, 2.05) is 0 Å². The highest BCUT2D eigenvalue weighted by Gasteiger charge is 2.22. The van der Waals surface area contributed by atoms with Gasteiger partial charge in [-0.15, -0.1) is 0 Å². The standard InChI is InChI=1S/C24H45N5O9/c1-18(28-21(33)34)12-15-29(23(36)38-24(2,3)4)14-9-10-16-37-22(35)27-17-26-19(30)11-7-5-6-8-13-25-20(31)32/h18,25,28H,5-17H2,1-4H3,(H,26,30)(H,27,35)(H,31,32)(H,33,34). The molecule has 14 nitrogen and oxygen atoms in total. The fourth-order valence-electron chi connectivity index (χ4n) is 3.14. The van der Waals surface area contributed by atoms with Crippen LogP contribution in [0.2, 0.25) is 0 Å². The average molecular weight is 548 g/mol. The Balaban J connectivity index is 4.09. The Morgan fingerprint density at radius 2 is 1.53 bits per heavy atom. The molecule has 14 heteroatoms. The Labute approximate surface area is 224 Å². The third-order valence-electron chi connectivity index (χ3n) is 5.03. The molecule has 6 N–H and O–H groups in total. The van der Waals surface area contributed by atoms with Gasteiger partial charge in [-0.05, 0) is 59.8 Å². The fourth-order valence-corrected chi connectivity index (χ4v) is 3.14. The minimum Gasteiger partial charge on any atom is -0.465 e. The molecule has 0 rings (SSSR count). The van der Waals surface area contributed by atoms with Crippen LogP contribution in [0.15, 0.2) is 0 Å². The van der Waals surface area contributed by atoms with Crippen molar-refractivity contribution in [3.8, 4) is 0 Å². The molecule has 0 saturated carbocycles. The number of rotatable bonds is 18. The lowest BCUT2D eigenvalue weighted by Gasteiger charge is -2.28. The van der Waals surface area contributed by atoms with Crippen LogP contribution in [0.1, 0.15) is 79.1 Å². The van der Waals surface area contributed by atoms with Gasteiger partial charge in [-0.25, -0.2) is 19.2 Å².